The van der Waals surface area contributed by atoms with Crippen LogP contribution in [0.4, 0.5) is 0 Å². The number of hydrogen-bond donors (Lipinski definition) is 1. The molecule has 0 saturated heterocycles. The van der Waals surface area contributed by atoms with E-state index in [1.165, 1.54) is 0 Å². The van der Waals surface area contributed by atoms with Crippen LogP contribution in [0, 0.1) is 0 Å². The minimum Gasteiger partial charge on any atom is -0.269 e. The maximum absolute atomic E-state index is 12.0. The van der Waals surface area contributed by atoms with Crippen molar-refractivity contribution in [2.75, 3.05) is 0 Å². The first-order valence-corrected chi connectivity index (χ1v) is 7.11. The van der Waals surface area contributed by atoms with E-state index >= 15 is 0 Å². The number of aromatic nitrogens is 1. The number of para-hydroxylation sites is 1. The summed E-state index contributed by atoms with van der Waals surface area (Å²) < 4.78 is 13.8. The van der Waals surface area contributed by atoms with Crippen LogP contribution in [0.5, 0.6) is 0 Å². The van der Waals surface area contributed by atoms with Gasteiger partial charge in [0, 0.05) is 5.39 Å². The van der Waals surface area contributed by atoms with Crippen molar-refractivity contribution in [3.05, 3.63) is 42.1 Å². The average Bonchev–Trinajstić information content (AvgIpc) is 2.37. The quantitative estimate of drug-likeness (QED) is 0.916. The summed E-state index contributed by atoms with van der Waals surface area (Å²) >= 11 is 0. The third-order valence-corrected chi connectivity index (χ3v) is 4.06. The molecule has 0 aliphatic carbocycles. The lowest BCUT2D eigenvalue weighted by atomic mass is 10.2. The molecule has 0 saturated carbocycles. The first kappa shape index (κ1) is 13.7. The van der Waals surface area contributed by atoms with Crippen LogP contribution in [0.2, 0.25) is 0 Å². The molecule has 4 nitrogen and oxygen atoms in total. The molecule has 1 atom stereocenters. The van der Waals surface area contributed by atoms with E-state index in [0.29, 0.717) is 0 Å². The van der Waals surface area contributed by atoms with E-state index in [1.54, 1.807) is 26.8 Å². The molecule has 2 aromatic rings. The second kappa shape index (κ2) is 5.09. The molecule has 0 aliphatic heterocycles. The molecule has 0 aliphatic rings. The van der Waals surface area contributed by atoms with Gasteiger partial charge in [-0.3, -0.25) is 9.52 Å². The second-order valence-electron chi connectivity index (χ2n) is 5.20. The van der Waals surface area contributed by atoms with Gasteiger partial charge in [-0.15, -0.1) is 0 Å². The van der Waals surface area contributed by atoms with Gasteiger partial charge in [0.15, 0.2) is 0 Å². The summed E-state index contributed by atoms with van der Waals surface area (Å²) in [5.41, 5.74) is 1.02. The molecule has 1 amide bonds. The SMILES string of the molecule is CC(C)(C)[S@@](=O)NC(=O)c1ccc2ccccc2n1. The van der Waals surface area contributed by atoms with Crippen LogP contribution in [0.3, 0.4) is 0 Å². The molecule has 0 fully saturated rings. The predicted octanol–water partition coefficient (Wildman–Crippen LogP) is 2.43. The van der Waals surface area contributed by atoms with Gasteiger partial charge in [0.1, 0.15) is 16.7 Å². The molecule has 5 heteroatoms. The molecule has 0 bridgehead atoms. The van der Waals surface area contributed by atoms with E-state index in [2.05, 4.69) is 9.71 Å². The first-order chi connectivity index (χ1) is 8.88. The lowest BCUT2D eigenvalue weighted by Gasteiger charge is -2.17. The summed E-state index contributed by atoms with van der Waals surface area (Å²) in [6.45, 7) is 5.41. The predicted molar refractivity (Wildman–Crippen MR) is 77.1 cm³/mol. The third-order valence-electron chi connectivity index (χ3n) is 2.57. The Morgan fingerprint density at radius 2 is 1.84 bits per heavy atom. The van der Waals surface area contributed by atoms with Crippen LogP contribution < -0.4 is 4.72 Å². The highest BCUT2D eigenvalue weighted by atomic mass is 32.2. The van der Waals surface area contributed by atoms with E-state index in [0.717, 1.165) is 10.9 Å². The van der Waals surface area contributed by atoms with Crippen LogP contribution >= 0.6 is 0 Å². The van der Waals surface area contributed by atoms with Crippen LogP contribution in [0.1, 0.15) is 31.3 Å². The summed E-state index contributed by atoms with van der Waals surface area (Å²) in [5.74, 6) is -0.418. The summed E-state index contributed by atoms with van der Waals surface area (Å²) in [6.07, 6.45) is 0. The second-order valence-corrected chi connectivity index (χ2v) is 7.17. The van der Waals surface area contributed by atoms with Crippen molar-refractivity contribution in [2.45, 2.75) is 25.5 Å². The Kier molecular flexibility index (Phi) is 3.66. The van der Waals surface area contributed by atoms with Crippen molar-refractivity contribution in [3.8, 4) is 0 Å². The monoisotopic (exact) mass is 276 g/mol. The number of nitrogens with zero attached hydrogens (tertiary/aromatic N) is 1. The van der Waals surface area contributed by atoms with E-state index in [9.17, 15) is 9.00 Å². The van der Waals surface area contributed by atoms with Gasteiger partial charge in [0.05, 0.1) is 10.3 Å². The number of amides is 1. The highest BCUT2D eigenvalue weighted by Crippen LogP contribution is 2.13. The highest BCUT2D eigenvalue weighted by molar-refractivity contribution is 7.85. The maximum atomic E-state index is 12.0. The number of carbonyl (C=O) groups excluding carboxylic acids is 1. The fourth-order valence-corrected chi connectivity index (χ4v) is 2.06. The van der Waals surface area contributed by atoms with E-state index in [4.69, 9.17) is 0 Å². The van der Waals surface area contributed by atoms with Crippen LogP contribution in [-0.2, 0) is 11.0 Å². The molecule has 0 spiro atoms. The lowest BCUT2D eigenvalue weighted by molar-refractivity contribution is 0.0977. The van der Waals surface area contributed by atoms with Gasteiger partial charge in [0.25, 0.3) is 5.91 Å². The third kappa shape index (κ3) is 3.17. The lowest BCUT2D eigenvalue weighted by Crippen LogP contribution is -2.37. The molecular weight excluding hydrogens is 260 g/mol. The number of hydrogen-bond acceptors (Lipinski definition) is 3. The molecule has 1 N–H and O–H groups in total. The highest BCUT2D eigenvalue weighted by Gasteiger charge is 2.22. The van der Waals surface area contributed by atoms with Gasteiger partial charge in [-0.2, -0.15) is 0 Å². The molecule has 2 rings (SSSR count). The fraction of sp³-hybridized carbons (Fsp3) is 0.286. The Labute approximate surface area is 114 Å². The number of pyridine rings is 1. The molecule has 1 heterocycles. The fourth-order valence-electron chi connectivity index (χ4n) is 1.48. The smallest absolute Gasteiger partial charge is 0.269 e. The Hall–Kier alpha value is -1.75. The molecule has 1 aromatic carbocycles. The minimum absolute atomic E-state index is 0.274. The summed E-state index contributed by atoms with van der Waals surface area (Å²) in [6, 6.07) is 11.0. The van der Waals surface area contributed by atoms with Crippen molar-refractivity contribution in [3.63, 3.8) is 0 Å². The summed E-state index contributed by atoms with van der Waals surface area (Å²) in [7, 11) is -1.44. The topological polar surface area (TPSA) is 59.1 Å². The van der Waals surface area contributed by atoms with Gasteiger partial charge in [0.2, 0.25) is 0 Å². The van der Waals surface area contributed by atoms with Crippen LogP contribution in [0.15, 0.2) is 36.4 Å². The van der Waals surface area contributed by atoms with Crippen molar-refractivity contribution in [2.24, 2.45) is 0 Å². The summed E-state index contributed by atoms with van der Waals surface area (Å²) in [5, 5.41) is 0.969. The van der Waals surface area contributed by atoms with Gasteiger partial charge in [-0.05, 0) is 32.9 Å². The number of rotatable bonds is 2. The Morgan fingerprint density at radius 1 is 1.16 bits per heavy atom. The van der Waals surface area contributed by atoms with Gasteiger partial charge < -0.3 is 0 Å². The van der Waals surface area contributed by atoms with Gasteiger partial charge in [-0.1, -0.05) is 24.3 Å². The minimum atomic E-state index is -1.44. The van der Waals surface area contributed by atoms with Gasteiger partial charge in [-0.25, -0.2) is 9.19 Å². The van der Waals surface area contributed by atoms with E-state index < -0.39 is 21.6 Å². The number of carbonyl (C=O) groups is 1. The van der Waals surface area contributed by atoms with Crippen LogP contribution in [-0.4, -0.2) is 19.8 Å². The Balaban J connectivity index is 2.25. The zero-order valence-electron chi connectivity index (χ0n) is 11.1. The van der Waals surface area contributed by atoms with Crippen molar-refractivity contribution >= 4 is 27.8 Å². The number of fused-ring (bicyclic) bond motifs is 1. The summed E-state index contributed by atoms with van der Waals surface area (Å²) in [4.78, 5) is 16.2. The Morgan fingerprint density at radius 3 is 2.53 bits per heavy atom. The van der Waals surface area contributed by atoms with Gasteiger partial charge >= 0.3 is 0 Å². The molecule has 0 unspecified atom stereocenters. The standard InChI is InChI=1S/C14H16N2O2S/c1-14(2,3)19(18)16-13(17)12-9-8-10-6-4-5-7-11(10)15-12/h4-9H,1-3H3,(H,16,17)/t19-/m1/s1. The van der Waals surface area contributed by atoms with E-state index in [-0.39, 0.29) is 5.69 Å². The molecule has 1 aromatic heterocycles. The van der Waals surface area contributed by atoms with Crippen molar-refractivity contribution < 1.29 is 9.00 Å². The molecular formula is C14H16N2O2S. The molecule has 19 heavy (non-hydrogen) atoms. The Bertz CT molecular complexity index is 647. The largest absolute Gasteiger partial charge is 0.281 e. The first-order valence-electron chi connectivity index (χ1n) is 5.96. The zero-order valence-corrected chi connectivity index (χ0v) is 12.0. The average molecular weight is 276 g/mol. The molecule has 100 valence electrons. The zero-order chi connectivity index (χ0) is 14.0. The molecule has 0 radical (unpaired) electrons. The maximum Gasteiger partial charge on any atom is 0.281 e. The van der Waals surface area contributed by atoms with Crippen molar-refractivity contribution in [1.29, 1.82) is 0 Å². The van der Waals surface area contributed by atoms with Crippen molar-refractivity contribution in [1.82, 2.24) is 9.71 Å². The number of benzene rings is 1. The number of nitrogens with one attached hydrogen (secondary N) is 1. The van der Waals surface area contributed by atoms with E-state index in [1.807, 2.05) is 30.3 Å². The normalized spacial score (nSPS) is 13.2. The van der Waals surface area contributed by atoms with Crippen LogP contribution in [0.25, 0.3) is 10.9 Å².